The van der Waals surface area contributed by atoms with Crippen molar-refractivity contribution in [1.82, 2.24) is 19.0 Å². The second kappa shape index (κ2) is 8.24. The number of para-hydroxylation sites is 2. The molecule has 0 radical (unpaired) electrons. The fourth-order valence-electron chi connectivity index (χ4n) is 3.66. The van der Waals surface area contributed by atoms with E-state index < -0.39 is 0 Å². The predicted molar refractivity (Wildman–Crippen MR) is 119 cm³/mol. The number of carbonyl (C=O) groups is 1. The molecule has 0 aliphatic carbocycles. The normalized spacial score (nSPS) is 11.1. The lowest BCUT2D eigenvalue weighted by molar-refractivity contribution is 0.0777. The Morgan fingerprint density at radius 2 is 1.90 bits per heavy atom. The van der Waals surface area contributed by atoms with Gasteiger partial charge in [0.25, 0.3) is 5.91 Å². The maximum Gasteiger partial charge on any atom is 0.257 e. The zero-order chi connectivity index (χ0) is 21.3. The molecule has 6 nitrogen and oxygen atoms in total. The van der Waals surface area contributed by atoms with Crippen molar-refractivity contribution in [1.29, 1.82) is 0 Å². The number of aromatic nitrogens is 3. The lowest BCUT2D eigenvalue weighted by Gasteiger charge is -2.20. The summed E-state index contributed by atoms with van der Waals surface area (Å²) in [6.45, 7) is 3.22. The monoisotopic (exact) mass is 422 g/mol. The summed E-state index contributed by atoms with van der Waals surface area (Å²) >= 11 is 6.50. The van der Waals surface area contributed by atoms with E-state index in [0.29, 0.717) is 22.9 Å². The molecule has 0 bridgehead atoms. The van der Waals surface area contributed by atoms with Crippen LogP contribution in [-0.4, -0.2) is 39.1 Å². The number of methoxy groups -OCH3 is 1. The SMILES string of the molecule is CCn1c(CN(C)C(=O)c2cc(Cl)c(-n3cccc3)cc2OC)nc2ccccc21. The van der Waals surface area contributed by atoms with E-state index in [4.69, 9.17) is 21.3 Å². The Bertz CT molecular complexity index is 1200. The molecule has 0 fully saturated rings. The molecule has 4 rings (SSSR count). The third kappa shape index (κ3) is 3.55. The molecule has 2 aromatic carbocycles. The molecule has 0 atom stereocenters. The first kappa shape index (κ1) is 20.0. The largest absolute Gasteiger partial charge is 0.496 e. The van der Waals surface area contributed by atoms with Crippen LogP contribution in [0.15, 0.2) is 60.9 Å². The van der Waals surface area contributed by atoms with E-state index in [1.165, 1.54) is 0 Å². The summed E-state index contributed by atoms with van der Waals surface area (Å²) in [6.07, 6.45) is 3.78. The summed E-state index contributed by atoms with van der Waals surface area (Å²) in [7, 11) is 3.31. The van der Waals surface area contributed by atoms with Gasteiger partial charge in [-0.25, -0.2) is 4.98 Å². The Hall–Kier alpha value is -3.25. The first-order valence-electron chi connectivity index (χ1n) is 9.74. The Morgan fingerprint density at radius 3 is 2.60 bits per heavy atom. The molecule has 1 amide bonds. The van der Waals surface area contributed by atoms with Gasteiger partial charge in [-0.3, -0.25) is 4.79 Å². The summed E-state index contributed by atoms with van der Waals surface area (Å²) in [6, 6.07) is 15.3. The van der Waals surface area contributed by atoms with E-state index in [-0.39, 0.29) is 5.91 Å². The Labute approximate surface area is 180 Å². The van der Waals surface area contributed by atoms with Gasteiger partial charge in [0.15, 0.2) is 0 Å². The second-order valence-corrected chi connectivity index (χ2v) is 7.42. The number of halogens is 1. The zero-order valence-electron chi connectivity index (χ0n) is 17.2. The van der Waals surface area contributed by atoms with Gasteiger partial charge >= 0.3 is 0 Å². The van der Waals surface area contributed by atoms with Crippen LogP contribution < -0.4 is 4.74 Å². The van der Waals surface area contributed by atoms with Crippen molar-refractivity contribution in [2.24, 2.45) is 0 Å². The number of benzene rings is 2. The molecule has 0 spiro atoms. The summed E-state index contributed by atoms with van der Waals surface area (Å²) in [5.41, 5.74) is 3.16. The molecule has 0 N–H and O–H groups in total. The Kier molecular flexibility index (Phi) is 5.50. The number of aryl methyl sites for hydroxylation is 1. The van der Waals surface area contributed by atoms with Crippen molar-refractivity contribution in [3.8, 4) is 11.4 Å². The number of ether oxygens (including phenoxy) is 1. The maximum atomic E-state index is 13.2. The molecule has 0 unspecified atom stereocenters. The van der Waals surface area contributed by atoms with Gasteiger partial charge in [0.05, 0.1) is 41.0 Å². The van der Waals surface area contributed by atoms with Gasteiger partial charge in [-0.05, 0) is 37.3 Å². The smallest absolute Gasteiger partial charge is 0.257 e. The Balaban J connectivity index is 1.65. The lowest BCUT2D eigenvalue weighted by Crippen LogP contribution is -2.28. The molecule has 2 heterocycles. The number of hydrogen-bond acceptors (Lipinski definition) is 3. The third-order valence-electron chi connectivity index (χ3n) is 5.16. The van der Waals surface area contributed by atoms with Crippen molar-refractivity contribution >= 4 is 28.5 Å². The number of carbonyl (C=O) groups excluding carboxylic acids is 1. The van der Waals surface area contributed by atoms with Gasteiger partial charge in [-0.15, -0.1) is 0 Å². The number of amides is 1. The number of hydrogen-bond donors (Lipinski definition) is 0. The molecule has 2 aromatic heterocycles. The van der Waals surface area contributed by atoms with Gasteiger partial charge in [-0.1, -0.05) is 23.7 Å². The van der Waals surface area contributed by atoms with Gasteiger partial charge in [-0.2, -0.15) is 0 Å². The molecule has 0 aliphatic rings. The van der Waals surface area contributed by atoms with Crippen LogP contribution in [0.3, 0.4) is 0 Å². The lowest BCUT2D eigenvalue weighted by atomic mass is 10.1. The highest BCUT2D eigenvalue weighted by molar-refractivity contribution is 6.33. The molecule has 0 saturated heterocycles. The quantitative estimate of drug-likeness (QED) is 0.449. The van der Waals surface area contributed by atoms with E-state index in [2.05, 4.69) is 11.5 Å². The predicted octanol–water partition coefficient (Wildman–Crippen LogP) is 4.78. The minimum absolute atomic E-state index is 0.178. The van der Waals surface area contributed by atoms with Gasteiger partial charge < -0.3 is 18.8 Å². The first-order valence-corrected chi connectivity index (χ1v) is 10.1. The molecular formula is C23H23ClN4O2. The zero-order valence-corrected chi connectivity index (χ0v) is 17.9. The van der Waals surface area contributed by atoms with Crippen LogP contribution in [0.25, 0.3) is 16.7 Å². The second-order valence-electron chi connectivity index (χ2n) is 7.02. The highest BCUT2D eigenvalue weighted by atomic mass is 35.5. The summed E-state index contributed by atoms with van der Waals surface area (Å²) in [5, 5.41) is 0.476. The molecule has 7 heteroatoms. The molecule has 4 aromatic rings. The van der Waals surface area contributed by atoms with Crippen LogP contribution in [-0.2, 0) is 13.1 Å². The van der Waals surface area contributed by atoms with Gasteiger partial charge in [0, 0.05) is 32.1 Å². The van der Waals surface area contributed by atoms with E-state index in [9.17, 15) is 4.79 Å². The van der Waals surface area contributed by atoms with Crippen molar-refractivity contribution < 1.29 is 9.53 Å². The van der Waals surface area contributed by atoms with Crippen LogP contribution in [0.2, 0.25) is 5.02 Å². The van der Waals surface area contributed by atoms with Gasteiger partial charge in [0.2, 0.25) is 0 Å². The molecule has 30 heavy (non-hydrogen) atoms. The number of nitrogens with zero attached hydrogens (tertiary/aromatic N) is 4. The number of rotatable bonds is 6. The third-order valence-corrected chi connectivity index (χ3v) is 5.46. The highest BCUT2D eigenvalue weighted by Gasteiger charge is 2.21. The fraction of sp³-hybridized carbons (Fsp3) is 0.217. The molecular weight excluding hydrogens is 400 g/mol. The minimum Gasteiger partial charge on any atom is -0.496 e. The standard InChI is InChI=1S/C23H23ClN4O2/c1-4-28-19-10-6-5-9-18(19)25-22(28)15-26(2)23(29)16-13-17(24)20(14-21(16)30-3)27-11-7-8-12-27/h5-14H,4,15H2,1-3H3. The highest BCUT2D eigenvalue weighted by Crippen LogP contribution is 2.31. The Morgan fingerprint density at radius 1 is 1.17 bits per heavy atom. The fourth-order valence-corrected chi connectivity index (χ4v) is 3.92. The van der Waals surface area contributed by atoms with Crippen molar-refractivity contribution in [2.75, 3.05) is 14.2 Å². The first-order chi connectivity index (χ1) is 14.5. The van der Waals surface area contributed by atoms with E-state index in [0.717, 1.165) is 29.1 Å². The topological polar surface area (TPSA) is 52.3 Å². The van der Waals surface area contributed by atoms with E-state index >= 15 is 0 Å². The van der Waals surface area contributed by atoms with Crippen LogP contribution >= 0.6 is 11.6 Å². The van der Waals surface area contributed by atoms with Crippen LogP contribution in [0, 0.1) is 0 Å². The van der Waals surface area contributed by atoms with E-state index in [1.54, 1.807) is 31.2 Å². The van der Waals surface area contributed by atoms with Crippen LogP contribution in [0.5, 0.6) is 5.75 Å². The maximum absolute atomic E-state index is 13.2. The number of fused-ring (bicyclic) bond motifs is 1. The van der Waals surface area contributed by atoms with E-state index in [1.807, 2.05) is 53.4 Å². The number of imidazole rings is 1. The van der Waals surface area contributed by atoms with Crippen LogP contribution in [0.1, 0.15) is 23.1 Å². The van der Waals surface area contributed by atoms with Crippen molar-refractivity contribution in [3.63, 3.8) is 0 Å². The van der Waals surface area contributed by atoms with Crippen LogP contribution in [0.4, 0.5) is 0 Å². The average Bonchev–Trinajstić information content (AvgIpc) is 3.40. The van der Waals surface area contributed by atoms with Gasteiger partial charge in [0.1, 0.15) is 11.6 Å². The molecule has 154 valence electrons. The minimum atomic E-state index is -0.178. The summed E-state index contributed by atoms with van der Waals surface area (Å²) in [5.74, 6) is 1.13. The van der Waals surface area contributed by atoms with Crippen molar-refractivity contribution in [2.45, 2.75) is 20.0 Å². The summed E-state index contributed by atoms with van der Waals surface area (Å²) < 4.78 is 9.52. The summed E-state index contributed by atoms with van der Waals surface area (Å²) in [4.78, 5) is 19.6. The average molecular weight is 423 g/mol. The molecule has 0 aliphatic heterocycles. The van der Waals surface area contributed by atoms with Crippen molar-refractivity contribution in [3.05, 3.63) is 77.3 Å². The molecule has 0 saturated carbocycles.